The van der Waals surface area contributed by atoms with Gasteiger partial charge in [0.05, 0.1) is 0 Å². The predicted molar refractivity (Wildman–Crippen MR) is 74.2 cm³/mol. The molecule has 2 nitrogen and oxygen atoms in total. The van der Waals surface area contributed by atoms with E-state index in [0.717, 1.165) is 12.0 Å². The monoisotopic (exact) mass is 253 g/mol. The average molecular weight is 254 g/mol. The van der Waals surface area contributed by atoms with E-state index in [9.17, 15) is 4.79 Å². The van der Waals surface area contributed by atoms with Crippen LogP contribution in [0.4, 0.5) is 5.69 Å². The van der Waals surface area contributed by atoms with Gasteiger partial charge in [0.15, 0.2) is 6.29 Å². The lowest BCUT2D eigenvalue weighted by Crippen LogP contribution is -2.39. The van der Waals surface area contributed by atoms with Gasteiger partial charge in [-0.3, -0.25) is 4.79 Å². The largest absolute Gasteiger partial charge is 0.371 e. The Kier molecular flexibility index (Phi) is 4.21. The lowest BCUT2D eigenvalue weighted by Gasteiger charge is -2.37. The predicted octanol–water partition coefficient (Wildman–Crippen LogP) is 4.02. The first kappa shape index (κ1) is 14.0. The van der Waals surface area contributed by atoms with Crippen LogP contribution in [0.5, 0.6) is 0 Å². The van der Waals surface area contributed by atoms with E-state index in [1.807, 2.05) is 13.1 Å². The van der Waals surface area contributed by atoms with Gasteiger partial charge in [0.2, 0.25) is 0 Å². The molecule has 0 saturated heterocycles. The fourth-order valence-electron chi connectivity index (χ4n) is 1.71. The zero-order chi connectivity index (χ0) is 13.2. The number of halogens is 1. The standard InChI is InChI=1S/C14H20ClNO/c1-10(14(2,3)4)16(5)13-8-12(15)7-6-11(13)9-17/h6-10H,1-5H3. The Labute approximate surface area is 109 Å². The topological polar surface area (TPSA) is 20.3 Å². The molecule has 1 rings (SSSR count). The smallest absolute Gasteiger partial charge is 0.152 e. The summed E-state index contributed by atoms with van der Waals surface area (Å²) in [6, 6.07) is 5.65. The van der Waals surface area contributed by atoms with Crippen LogP contribution in [0.2, 0.25) is 5.02 Å². The molecule has 1 atom stereocenters. The minimum Gasteiger partial charge on any atom is -0.371 e. The van der Waals surface area contributed by atoms with Crippen LogP contribution in [0, 0.1) is 5.41 Å². The van der Waals surface area contributed by atoms with Gasteiger partial charge in [-0.2, -0.15) is 0 Å². The van der Waals surface area contributed by atoms with Gasteiger partial charge < -0.3 is 4.90 Å². The summed E-state index contributed by atoms with van der Waals surface area (Å²) in [5.41, 5.74) is 1.69. The van der Waals surface area contributed by atoms with Gasteiger partial charge in [-0.15, -0.1) is 0 Å². The van der Waals surface area contributed by atoms with Crippen molar-refractivity contribution in [2.75, 3.05) is 11.9 Å². The molecule has 94 valence electrons. The first-order valence-corrected chi connectivity index (χ1v) is 6.12. The quantitative estimate of drug-likeness (QED) is 0.759. The highest BCUT2D eigenvalue weighted by atomic mass is 35.5. The van der Waals surface area contributed by atoms with Crippen molar-refractivity contribution in [1.82, 2.24) is 0 Å². The number of aldehydes is 1. The summed E-state index contributed by atoms with van der Waals surface area (Å²) in [7, 11) is 1.99. The fourth-order valence-corrected chi connectivity index (χ4v) is 1.88. The molecule has 0 radical (unpaired) electrons. The Morgan fingerprint density at radius 2 is 1.94 bits per heavy atom. The molecule has 1 aromatic carbocycles. The van der Waals surface area contributed by atoms with Crippen LogP contribution in [0.1, 0.15) is 38.1 Å². The van der Waals surface area contributed by atoms with Gasteiger partial charge >= 0.3 is 0 Å². The van der Waals surface area contributed by atoms with Gasteiger partial charge in [0, 0.05) is 29.4 Å². The van der Waals surface area contributed by atoms with Crippen LogP contribution in [0.25, 0.3) is 0 Å². The van der Waals surface area contributed by atoms with Crippen LogP contribution >= 0.6 is 11.6 Å². The third kappa shape index (κ3) is 3.22. The average Bonchev–Trinajstić information content (AvgIpc) is 2.25. The lowest BCUT2D eigenvalue weighted by atomic mass is 9.86. The highest BCUT2D eigenvalue weighted by molar-refractivity contribution is 6.31. The third-order valence-electron chi connectivity index (χ3n) is 3.33. The first-order chi connectivity index (χ1) is 7.77. The molecule has 0 spiro atoms. The molecule has 0 aliphatic heterocycles. The maximum Gasteiger partial charge on any atom is 0.152 e. The van der Waals surface area contributed by atoms with Crippen molar-refractivity contribution >= 4 is 23.6 Å². The van der Waals surface area contributed by atoms with E-state index >= 15 is 0 Å². The number of benzene rings is 1. The summed E-state index contributed by atoms with van der Waals surface area (Å²) in [5.74, 6) is 0. The molecule has 0 fully saturated rings. The van der Waals surface area contributed by atoms with Gasteiger partial charge in [-0.1, -0.05) is 32.4 Å². The molecule has 0 bridgehead atoms. The summed E-state index contributed by atoms with van der Waals surface area (Å²) in [5, 5.41) is 0.651. The molecule has 1 aromatic rings. The van der Waals surface area contributed by atoms with Crippen molar-refractivity contribution < 1.29 is 4.79 Å². The number of hydrogen-bond donors (Lipinski definition) is 0. The molecule has 0 amide bonds. The number of hydrogen-bond acceptors (Lipinski definition) is 2. The molecule has 1 unspecified atom stereocenters. The normalized spacial score (nSPS) is 13.3. The summed E-state index contributed by atoms with van der Waals surface area (Å²) >= 11 is 5.99. The van der Waals surface area contributed by atoms with Crippen LogP contribution < -0.4 is 4.90 Å². The number of carbonyl (C=O) groups excluding carboxylic acids is 1. The van der Waals surface area contributed by atoms with Crippen molar-refractivity contribution in [2.24, 2.45) is 5.41 Å². The minimum absolute atomic E-state index is 0.136. The van der Waals surface area contributed by atoms with Crippen molar-refractivity contribution in [3.05, 3.63) is 28.8 Å². The Balaban J connectivity index is 3.15. The second-order valence-corrected chi connectivity index (χ2v) is 5.91. The lowest BCUT2D eigenvalue weighted by molar-refractivity contribution is 0.112. The van der Waals surface area contributed by atoms with Crippen LogP contribution in [0.3, 0.4) is 0 Å². The number of nitrogens with zero attached hydrogens (tertiary/aromatic N) is 1. The van der Waals surface area contributed by atoms with Crippen LogP contribution in [0.15, 0.2) is 18.2 Å². The molecule has 0 aliphatic carbocycles. The van der Waals surface area contributed by atoms with Crippen LogP contribution in [-0.2, 0) is 0 Å². The van der Waals surface area contributed by atoms with E-state index in [-0.39, 0.29) is 5.41 Å². The van der Waals surface area contributed by atoms with E-state index in [0.29, 0.717) is 16.6 Å². The van der Waals surface area contributed by atoms with E-state index < -0.39 is 0 Å². The third-order valence-corrected chi connectivity index (χ3v) is 3.57. The Morgan fingerprint density at radius 1 is 1.35 bits per heavy atom. The Morgan fingerprint density at radius 3 is 2.41 bits per heavy atom. The summed E-state index contributed by atoms with van der Waals surface area (Å²) in [6.45, 7) is 8.69. The fraction of sp³-hybridized carbons (Fsp3) is 0.500. The second-order valence-electron chi connectivity index (χ2n) is 5.47. The summed E-state index contributed by atoms with van der Waals surface area (Å²) in [6.07, 6.45) is 0.873. The highest BCUT2D eigenvalue weighted by Gasteiger charge is 2.25. The van der Waals surface area contributed by atoms with E-state index in [1.54, 1.807) is 12.1 Å². The zero-order valence-electron chi connectivity index (χ0n) is 11.1. The van der Waals surface area contributed by atoms with Gasteiger partial charge in [-0.25, -0.2) is 0 Å². The molecule has 0 heterocycles. The molecular weight excluding hydrogens is 234 g/mol. The van der Waals surface area contributed by atoms with E-state index in [4.69, 9.17) is 11.6 Å². The van der Waals surface area contributed by atoms with Crippen LogP contribution in [-0.4, -0.2) is 19.4 Å². The van der Waals surface area contributed by atoms with Gasteiger partial charge in [0.1, 0.15) is 0 Å². The molecule has 0 aromatic heterocycles. The minimum atomic E-state index is 0.136. The summed E-state index contributed by atoms with van der Waals surface area (Å²) < 4.78 is 0. The molecule has 0 N–H and O–H groups in total. The molecule has 17 heavy (non-hydrogen) atoms. The number of carbonyl (C=O) groups is 1. The summed E-state index contributed by atoms with van der Waals surface area (Å²) in [4.78, 5) is 13.2. The second kappa shape index (κ2) is 5.09. The van der Waals surface area contributed by atoms with E-state index in [2.05, 4.69) is 32.6 Å². The molecule has 0 aliphatic rings. The molecule has 0 saturated carbocycles. The number of rotatable bonds is 3. The van der Waals surface area contributed by atoms with Gasteiger partial charge in [-0.05, 0) is 30.5 Å². The van der Waals surface area contributed by atoms with Crippen molar-refractivity contribution in [1.29, 1.82) is 0 Å². The first-order valence-electron chi connectivity index (χ1n) is 5.75. The maximum absolute atomic E-state index is 11.0. The molecule has 3 heteroatoms. The molecular formula is C14H20ClNO. The van der Waals surface area contributed by atoms with Crippen molar-refractivity contribution in [2.45, 2.75) is 33.7 Å². The van der Waals surface area contributed by atoms with E-state index in [1.165, 1.54) is 0 Å². The van der Waals surface area contributed by atoms with Crippen molar-refractivity contribution in [3.63, 3.8) is 0 Å². The zero-order valence-corrected chi connectivity index (χ0v) is 11.9. The van der Waals surface area contributed by atoms with Crippen molar-refractivity contribution in [3.8, 4) is 0 Å². The van der Waals surface area contributed by atoms with Gasteiger partial charge in [0.25, 0.3) is 0 Å². The highest BCUT2D eigenvalue weighted by Crippen LogP contribution is 2.30. The Bertz CT molecular complexity index is 409. The number of anilines is 1. The Hall–Kier alpha value is -1.02. The SMILES string of the molecule is CC(N(C)c1cc(Cl)ccc1C=O)C(C)(C)C. The maximum atomic E-state index is 11.0.